The zero-order valence-corrected chi connectivity index (χ0v) is 6.52. The highest BCUT2D eigenvalue weighted by Crippen LogP contribution is 2.05. The molecule has 4 heteroatoms. The largest absolute Gasteiger partial charge is 0.443 e. The van der Waals surface area contributed by atoms with Gasteiger partial charge in [0.2, 0.25) is 0 Å². The summed E-state index contributed by atoms with van der Waals surface area (Å²) in [6, 6.07) is 0. The summed E-state index contributed by atoms with van der Waals surface area (Å²) in [5, 5.41) is 0. The van der Waals surface area contributed by atoms with Gasteiger partial charge in [-0.2, -0.15) is 0 Å². The van der Waals surface area contributed by atoms with Crippen molar-refractivity contribution in [1.29, 1.82) is 0 Å². The van der Waals surface area contributed by atoms with Gasteiger partial charge in [-0.25, -0.2) is 10.2 Å². The highest BCUT2D eigenvalue weighted by Gasteiger charge is 2.14. The first-order chi connectivity index (χ1) is 4.95. The van der Waals surface area contributed by atoms with Crippen LogP contribution in [0.15, 0.2) is 0 Å². The Morgan fingerprint density at radius 3 is 2.60 bits per heavy atom. The summed E-state index contributed by atoms with van der Waals surface area (Å²) in [5.41, 5.74) is 4.01. The van der Waals surface area contributed by atoms with E-state index in [0.29, 0.717) is 0 Å². The SMILES string of the molecule is [2H]CNNC(=O)OC(C)(C)C. The zero-order chi connectivity index (χ0) is 8.91. The van der Waals surface area contributed by atoms with E-state index in [1.165, 1.54) is 0 Å². The van der Waals surface area contributed by atoms with Crippen molar-refractivity contribution in [3.63, 3.8) is 0 Å². The van der Waals surface area contributed by atoms with Crippen LogP contribution < -0.4 is 10.9 Å². The number of rotatable bonds is 1. The number of carbonyl (C=O) groups excluding carboxylic acids is 1. The highest BCUT2D eigenvalue weighted by atomic mass is 16.6. The standard InChI is InChI=1S/C6H14N2O2/c1-6(2,3)10-5(9)8-7-4/h7H,1-4H3,(H,8,9)/i4D. The fraction of sp³-hybridized carbons (Fsp3) is 0.833. The molecule has 2 N–H and O–H groups in total. The van der Waals surface area contributed by atoms with Crippen molar-refractivity contribution in [2.24, 2.45) is 0 Å². The van der Waals surface area contributed by atoms with Gasteiger partial charge in [0.05, 0.1) is 0 Å². The lowest BCUT2D eigenvalue weighted by Gasteiger charge is -2.19. The molecule has 60 valence electrons. The van der Waals surface area contributed by atoms with E-state index in [4.69, 9.17) is 6.11 Å². The van der Waals surface area contributed by atoms with Crippen LogP contribution in [0.5, 0.6) is 0 Å². The third-order valence-electron chi connectivity index (χ3n) is 0.589. The molecule has 0 aliphatic heterocycles. The summed E-state index contributed by atoms with van der Waals surface area (Å²) >= 11 is 0. The molecule has 1 amide bonds. The molecule has 0 aliphatic rings. The van der Waals surface area contributed by atoms with Crippen molar-refractivity contribution in [2.75, 3.05) is 7.02 Å². The fourth-order valence-corrected chi connectivity index (χ4v) is 0.376. The number of amides is 1. The molecule has 0 spiro atoms. The molecule has 0 radical (unpaired) electrons. The second-order valence-electron chi connectivity index (χ2n) is 2.80. The van der Waals surface area contributed by atoms with Crippen molar-refractivity contribution >= 4 is 6.09 Å². The second-order valence-corrected chi connectivity index (χ2v) is 2.80. The molecule has 0 aliphatic carbocycles. The van der Waals surface area contributed by atoms with Crippen molar-refractivity contribution in [3.05, 3.63) is 0 Å². The lowest BCUT2D eigenvalue weighted by Crippen LogP contribution is -2.38. The number of carbonyl (C=O) groups is 1. The molecule has 0 bridgehead atoms. The smallest absolute Gasteiger partial charge is 0.422 e. The first kappa shape index (κ1) is 7.34. The molecule has 0 aromatic heterocycles. The van der Waals surface area contributed by atoms with Crippen molar-refractivity contribution in [3.8, 4) is 0 Å². The Morgan fingerprint density at radius 2 is 2.20 bits per heavy atom. The van der Waals surface area contributed by atoms with E-state index >= 15 is 0 Å². The van der Waals surface area contributed by atoms with Crippen LogP contribution in [0.25, 0.3) is 0 Å². The minimum atomic E-state index is -0.565. The Hall–Kier alpha value is -0.770. The summed E-state index contributed by atoms with van der Waals surface area (Å²) in [6.45, 7) is 5.31. The van der Waals surface area contributed by atoms with E-state index in [-0.39, 0.29) is 7.02 Å². The predicted molar refractivity (Wildman–Crippen MR) is 38.4 cm³/mol. The van der Waals surface area contributed by atoms with Crippen LogP contribution in [0.3, 0.4) is 0 Å². The van der Waals surface area contributed by atoms with Crippen LogP contribution in [0.2, 0.25) is 0 Å². The van der Waals surface area contributed by atoms with Crippen LogP contribution in [-0.4, -0.2) is 18.7 Å². The van der Waals surface area contributed by atoms with Gasteiger partial charge in [-0.15, -0.1) is 0 Å². The first-order valence-corrected chi connectivity index (χ1v) is 2.97. The maximum atomic E-state index is 10.7. The fourth-order valence-electron chi connectivity index (χ4n) is 0.376. The van der Waals surface area contributed by atoms with Gasteiger partial charge >= 0.3 is 6.09 Å². The second kappa shape index (κ2) is 3.41. The van der Waals surface area contributed by atoms with E-state index in [2.05, 4.69) is 10.9 Å². The average Bonchev–Trinajstić information content (AvgIpc) is 1.79. The van der Waals surface area contributed by atoms with Crippen LogP contribution >= 0.6 is 0 Å². The van der Waals surface area contributed by atoms with Crippen LogP contribution in [0.1, 0.15) is 22.1 Å². The molecule has 0 atom stereocenters. The van der Waals surface area contributed by atoms with Gasteiger partial charge < -0.3 is 4.74 Å². The monoisotopic (exact) mass is 147 g/mol. The van der Waals surface area contributed by atoms with Gasteiger partial charge in [-0.3, -0.25) is 5.43 Å². The number of hydrazine groups is 1. The van der Waals surface area contributed by atoms with Gasteiger partial charge in [-0.05, 0) is 20.8 Å². The van der Waals surface area contributed by atoms with E-state index in [1.807, 2.05) is 0 Å². The van der Waals surface area contributed by atoms with E-state index in [9.17, 15) is 4.79 Å². The van der Waals surface area contributed by atoms with E-state index < -0.39 is 11.7 Å². The molecule has 0 rings (SSSR count). The molecule has 0 aromatic carbocycles. The van der Waals surface area contributed by atoms with Gasteiger partial charge in [0.1, 0.15) is 5.60 Å². The maximum absolute atomic E-state index is 10.7. The summed E-state index contributed by atoms with van der Waals surface area (Å²) in [5.74, 6) is 0. The molecular weight excluding hydrogens is 132 g/mol. The Kier molecular flexibility index (Phi) is 2.50. The summed E-state index contributed by atoms with van der Waals surface area (Å²) in [7, 11) is -0.0702. The highest BCUT2D eigenvalue weighted by molar-refractivity contribution is 5.66. The summed E-state index contributed by atoms with van der Waals surface area (Å²) < 4.78 is 11.5. The Bertz CT molecular complexity index is 133. The lowest BCUT2D eigenvalue weighted by molar-refractivity contribution is 0.0505. The van der Waals surface area contributed by atoms with E-state index in [0.717, 1.165) is 0 Å². The summed E-state index contributed by atoms with van der Waals surface area (Å²) in [4.78, 5) is 10.7. The molecular formula is C6H14N2O2. The molecule has 0 fully saturated rings. The lowest BCUT2D eigenvalue weighted by atomic mass is 10.2. The minimum Gasteiger partial charge on any atom is -0.443 e. The van der Waals surface area contributed by atoms with Gasteiger partial charge in [0.15, 0.2) is 0 Å². The van der Waals surface area contributed by atoms with Crippen molar-refractivity contribution in [1.82, 2.24) is 10.9 Å². The van der Waals surface area contributed by atoms with Crippen molar-refractivity contribution < 1.29 is 10.9 Å². The van der Waals surface area contributed by atoms with Gasteiger partial charge in [-0.1, -0.05) is 0 Å². The van der Waals surface area contributed by atoms with Crippen LogP contribution in [0, 0.1) is 0 Å². The topological polar surface area (TPSA) is 50.4 Å². The Morgan fingerprint density at radius 1 is 1.60 bits per heavy atom. The third kappa shape index (κ3) is 5.37. The van der Waals surface area contributed by atoms with Crippen LogP contribution in [-0.2, 0) is 4.74 Å². The van der Waals surface area contributed by atoms with Crippen LogP contribution in [0.4, 0.5) is 4.79 Å². The maximum Gasteiger partial charge on any atom is 0.422 e. The molecule has 0 saturated carbocycles. The number of hydrogen-bond acceptors (Lipinski definition) is 3. The molecule has 10 heavy (non-hydrogen) atoms. The average molecular weight is 147 g/mol. The minimum absolute atomic E-state index is 0.0702. The molecule has 0 heterocycles. The number of ether oxygens (including phenoxy) is 1. The molecule has 0 aromatic rings. The number of nitrogens with one attached hydrogen (secondary N) is 2. The normalized spacial score (nSPS) is 12.1. The summed E-state index contributed by atoms with van der Waals surface area (Å²) in [6.07, 6.45) is -0.565. The number of hydrogen-bond donors (Lipinski definition) is 2. The van der Waals surface area contributed by atoms with E-state index in [1.54, 1.807) is 20.8 Å². The van der Waals surface area contributed by atoms with Gasteiger partial charge in [0.25, 0.3) is 0 Å². The van der Waals surface area contributed by atoms with Gasteiger partial charge in [0, 0.05) is 8.39 Å². The first-order valence-electron chi connectivity index (χ1n) is 3.67. The Balaban J connectivity index is 3.53. The quantitative estimate of drug-likeness (QED) is 0.535. The zero-order valence-electron chi connectivity index (χ0n) is 7.52. The Labute approximate surface area is 62.3 Å². The predicted octanol–water partition coefficient (Wildman–Crippen LogP) is 0.645. The molecule has 0 saturated heterocycles. The third-order valence-corrected chi connectivity index (χ3v) is 0.589. The molecule has 0 unspecified atom stereocenters. The molecule has 4 nitrogen and oxygen atoms in total. The van der Waals surface area contributed by atoms with Crippen molar-refractivity contribution in [2.45, 2.75) is 26.4 Å².